The molecule has 2 aromatic rings. The molecule has 0 fully saturated rings. The van der Waals surface area contributed by atoms with Gasteiger partial charge in [-0.2, -0.15) is 4.31 Å². The van der Waals surface area contributed by atoms with Gasteiger partial charge in [-0.3, -0.25) is 4.79 Å². The van der Waals surface area contributed by atoms with E-state index in [2.05, 4.69) is 4.98 Å². The van der Waals surface area contributed by atoms with Crippen molar-refractivity contribution in [2.75, 3.05) is 7.05 Å². The van der Waals surface area contributed by atoms with E-state index in [9.17, 15) is 13.2 Å². The fourth-order valence-corrected chi connectivity index (χ4v) is 3.50. The van der Waals surface area contributed by atoms with E-state index in [4.69, 9.17) is 0 Å². The van der Waals surface area contributed by atoms with Crippen molar-refractivity contribution in [1.29, 1.82) is 0 Å². The fraction of sp³-hybridized carbons (Fsp3) is 0.182. The van der Waals surface area contributed by atoms with Crippen LogP contribution in [-0.2, 0) is 16.6 Å². The van der Waals surface area contributed by atoms with Crippen LogP contribution in [0.15, 0.2) is 45.7 Å². The van der Waals surface area contributed by atoms with Crippen LogP contribution < -0.4 is 5.43 Å². The topological polar surface area (TPSA) is 70.2 Å². The summed E-state index contributed by atoms with van der Waals surface area (Å²) in [6.45, 7) is 0.258. The molecular weight excluding hydrogens is 272 g/mol. The maximum Gasteiger partial charge on any atom is 0.248 e. The molecule has 0 saturated heterocycles. The third kappa shape index (κ3) is 2.53. The van der Waals surface area contributed by atoms with Crippen LogP contribution in [0.25, 0.3) is 0 Å². The average molecular weight is 284 g/mol. The molecule has 96 valence electrons. The zero-order valence-electron chi connectivity index (χ0n) is 9.66. The van der Waals surface area contributed by atoms with Crippen LogP contribution in [0.3, 0.4) is 0 Å². The van der Waals surface area contributed by atoms with Gasteiger partial charge in [0.2, 0.25) is 15.5 Å². The Labute approximate surface area is 109 Å². The predicted octanol–water partition coefficient (Wildman–Crippen LogP) is 1.26. The molecule has 18 heavy (non-hydrogen) atoms. The molecule has 0 amide bonds. The van der Waals surface area contributed by atoms with Crippen LogP contribution in [0.5, 0.6) is 0 Å². The largest absolute Gasteiger partial charge is 0.366 e. The molecule has 0 spiro atoms. The molecule has 0 aliphatic rings. The minimum atomic E-state index is -3.75. The number of nitrogens with one attached hydrogen (secondary N) is 1. The van der Waals surface area contributed by atoms with E-state index in [0.29, 0.717) is 0 Å². The number of H-pyrrole nitrogens is 1. The summed E-state index contributed by atoms with van der Waals surface area (Å²) in [4.78, 5) is 14.9. The molecular formula is C11H12N2O3S2. The zero-order chi connectivity index (χ0) is 13.2. The van der Waals surface area contributed by atoms with Crippen molar-refractivity contribution in [2.24, 2.45) is 0 Å². The summed E-state index contributed by atoms with van der Waals surface area (Å²) in [5.74, 6) is 0. The molecule has 0 saturated carbocycles. The monoisotopic (exact) mass is 284 g/mol. The van der Waals surface area contributed by atoms with Crippen LogP contribution in [0, 0.1) is 0 Å². The first-order valence-corrected chi connectivity index (χ1v) is 7.49. The van der Waals surface area contributed by atoms with Gasteiger partial charge in [-0.1, -0.05) is 6.07 Å². The van der Waals surface area contributed by atoms with E-state index in [0.717, 1.165) is 4.88 Å². The molecule has 0 atom stereocenters. The predicted molar refractivity (Wildman–Crippen MR) is 70.0 cm³/mol. The van der Waals surface area contributed by atoms with Crippen LogP contribution in [0.4, 0.5) is 0 Å². The van der Waals surface area contributed by atoms with Crippen LogP contribution in [0.2, 0.25) is 0 Å². The number of pyridine rings is 1. The lowest BCUT2D eigenvalue weighted by Crippen LogP contribution is -2.30. The Morgan fingerprint density at radius 1 is 1.39 bits per heavy atom. The Morgan fingerprint density at radius 2 is 2.17 bits per heavy atom. The van der Waals surface area contributed by atoms with Gasteiger partial charge in [0.25, 0.3) is 0 Å². The average Bonchev–Trinajstić information content (AvgIpc) is 2.82. The number of hydrogen-bond donors (Lipinski definition) is 1. The first kappa shape index (κ1) is 13.0. The summed E-state index contributed by atoms with van der Waals surface area (Å²) < 4.78 is 25.5. The molecule has 2 rings (SSSR count). The molecule has 5 nitrogen and oxygen atoms in total. The second kappa shape index (κ2) is 5.05. The molecule has 1 N–H and O–H groups in total. The maximum atomic E-state index is 12.2. The van der Waals surface area contributed by atoms with Gasteiger partial charge in [0, 0.05) is 36.9 Å². The van der Waals surface area contributed by atoms with Crippen molar-refractivity contribution in [2.45, 2.75) is 11.4 Å². The number of hydrogen-bond acceptors (Lipinski definition) is 4. The summed E-state index contributed by atoms with van der Waals surface area (Å²) in [7, 11) is -2.29. The third-order valence-corrected chi connectivity index (χ3v) is 5.12. The summed E-state index contributed by atoms with van der Waals surface area (Å²) >= 11 is 1.47. The normalized spacial score (nSPS) is 11.9. The molecule has 0 aromatic carbocycles. The van der Waals surface area contributed by atoms with E-state index in [-0.39, 0.29) is 11.4 Å². The highest BCUT2D eigenvalue weighted by atomic mass is 32.2. The van der Waals surface area contributed by atoms with Crippen molar-refractivity contribution >= 4 is 21.4 Å². The molecule has 0 aliphatic carbocycles. The summed E-state index contributed by atoms with van der Waals surface area (Å²) in [6.07, 6.45) is 2.61. The lowest BCUT2D eigenvalue weighted by atomic mass is 10.5. The lowest BCUT2D eigenvalue weighted by Gasteiger charge is -2.15. The van der Waals surface area contributed by atoms with Crippen molar-refractivity contribution in [3.05, 3.63) is 51.1 Å². The van der Waals surface area contributed by atoms with E-state index >= 15 is 0 Å². The van der Waals surface area contributed by atoms with Gasteiger partial charge in [-0.15, -0.1) is 11.3 Å². The van der Waals surface area contributed by atoms with Crippen LogP contribution >= 0.6 is 11.3 Å². The van der Waals surface area contributed by atoms with Crippen molar-refractivity contribution < 1.29 is 8.42 Å². The van der Waals surface area contributed by atoms with Crippen molar-refractivity contribution in [3.63, 3.8) is 0 Å². The Hall–Kier alpha value is -1.44. The standard InChI is InChI=1S/C11H12N2O3S2/c1-13(8-9-3-2-6-17-9)18(15,16)11-7-12-5-4-10(11)14/h2-7H,8H2,1H3,(H,12,14). The Balaban J connectivity index is 2.32. The van der Waals surface area contributed by atoms with Gasteiger partial charge >= 0.3 is 0 Å². The van der Waals surface area contributed by atoms with Crippen LogP contribution in [-0.4, -0.2) is 24.8 Å². The van der Waals surface area contributed by atoms with Gasteiger partial charge in [-0.05, 0) is 11.4 Å². The highest BCUT2D eigenvalue weighted by Crippen LogP contribution is 2.16. The highest BCUT2D eigenvalue weighted by molar-refractivity contribution is 7.89. The Bertz CT molecular complexity index is 674. The molecule has 0 radical (unpaired) electrons. The quantitative estimate of drug-likeness (QED) is 0.918. The number of sulfonamides is 1. The zero-order valence-corrected chi connectivity index (χ0v) is 11.3. The summed E-state index contributed by atoms with van der Waals surface area (Å²) in [5, 5.41) is 1.88. The maximum absolute atomic E-state index is 12.2. The SMILES string of the molecule is CN(Cc1cccs1)S(=O)(=O)c1c[nH]ccc1=O. The van der Waals surface area contributed by atoms with E-state index in [1.165, 1.54) is 41.1 Å². The van der Waals surface area contributed by atoms with Crippen molar-refractivity contribution in [1.82, 2.24) is 9.29 Å². The highest BCUT2D eigenvalue weighted by Gasteiger charge is 2.23. The minimum Gasteiger partial charge on any atom is -0.366 e. The van der Waals surface area contributed by atoms with Gasteiger partial charge < -0.3 is 4.98 Å². The molecule has 2 aromatic heterocycles. The lowest BCUT2D eigenvalue weighted by molar-refractivity contribution is 0.469. The minimum absolute atomic E-state index is 0.232. The van der Waals surface area contributed by atoms with E-state index in [1.807, 2.05) is 17.5 Å². The second-order valence-electron chi connectivity index (χ2n) is 3.71. The summed E-state index contributed by atoms with van der Waals surface area (Å²) in [5.41, 5.74) is -0.508. The number of rotatable bonds is 4. The molecule has 2 heterocycles. The Kier molecular flexibility index (Phi) is 3.65. The molecule has 0 unspecified atom stereocenters. The molecule has 0 aliphatic heterocycles. The fourth-order valence-electron chi connectivity index (χ4n) is 1.48. The van der Waals surface area contributed by atoms with Gasteiger partial charge in [0.15, 0.2) is 0 Å². The third-order valence-electron chi connectivity index (χ3n) is 2.44. The Morgan fingerprint density at radius 3 is 2.78 bits per heavy atom. The number of nitrogens with zero attached hydrogens (tertiary/aromatic N) is 1. The van der Waals surface area contributed by atoms with E-state index < -0.39 is 15.5 Å². The van der Waals surface area contributed by atoms with E-state index in [1.54, 1.807) is 0 Å². The molecule has 0 bridgehead atoms. The number of aromatic amines is 1. The summed E-state index contributed by atoms with van der Waals surface area (Å²) in [6, 6.07) is 4.91. The number of thiophene rings is 1. The van der Waals surface area contributed by atoms with Gasteiger partial charge in [-0.25, -0.2) is 8.42 Å². The van der Waals surface area contributed by atoms with Crippen LogP contribution in [0.1, 0.15) is 4.88 Å². The van der Waals surface area contributed by atoms with Crippen molar-refractivity contribution in [3.8, 4) is 0 Å². The first-order valence-electron chi connectivity index (χ1n) is 5.17. The molecule has 7 heteroatoms. The van der Waals surface area contributed by atoms with Gasteiger partial charge in [0.05, 0.1) is 0 Å². The number of aromatic nitrogens is 1. The first-order chi connectivity index (χ1) is 8.51. The van der Waals surface area contributed by atoms with Gasteiger partial charge in [0.1, 0.15) is 4.90 Å². The second-order valence-corrected chi connectivity index (χ2v) is 6.76. The smallest absolute Gasteiger partial charge is 0.248 e.